The quantitative estimate of drug-likeness (QED) is 0.744. The van der Waals surface area contributed by atoms with E-state index < -0.39 is 0 Å². The molecule has 2 aliphatic rings. The van der Waals surface area contributed by atoms with Gasteiger partial charge in [0.2, 0.25) is 0 Å². The second kappa shape index (κ2) is 4.66. The van der Waals surface area contributed by atoms with Gasteiger partial charge in [-0.25, -0.2) is 0 Å². The zero-order valence-corrected chi connectivity index (χ0v) is 11.9. The first-order chi connectivity index (χ1) is 9.86. The number of hydrogen-bond donors (Lipinski definition) is 0. The highest BCUT2D eigenvalue weighted by molar-refractivity contribution is 5.48. The van der Waals surface area contributed by atoms with Gasteiger partial charge in [-0.1, -0.05) is 30.3 Å². The fourth-order valence-corrected chi connectivity index (χ4v) is 4.13. The number of benzene rings is 2. The van der Waals surface area contributed by atoms with Crippen molar-refractivity contribution in [1.82, 2.24) is 0 Å². The van der Waals surface area contributed by atoms with Crippen molar-refractivity contribution in [2.75, 3.05) is 7.11 Å². The molecule has 1 nitrogen and oxygen atoms in total. The molecule has 2 aromatic rings. The van der Waals surface area contributed by atoms with Crippen molar-refractivity contribution in [3.05, 3.63) is 64.7 Å². The molecule has 0 amide bonds. The Morgan fingerprint density at radius 2 is 1.65 bits per heavy atom. The summed E-state index contributed by atoms with van der Waals surface area (Å²) in [5.41, 5.74) is 6.14. The summed E-state index contributed by atoms with van der Waals surface area (Å²) in [6.07, 6.45) is 5.12. The van der Waals surface area contributed by atoms with Crippen LogP contribution in [0.25, 0.3) is 0 Å². The Bertz CT molecular complexity index is 644. The Kier molecular flexibility index (Phi) is 2.80. The van der Waals surface area contributed by atoms with Crippen molar-refractivity contribution in [3.63, 3.8) is 0 Å². The molecule has 0 saturated heterocycles. The average Bonchev–Trinajstić information content (AvgIpc) is 2.53. The molecule has 0 saturated carbocycles. The number of ether oxygens (including phenoxy) is 1. The van der Waals surface area contributed by atoms with Gasteiger partial charge in [0.15, 0.2) is 0 Å². The van der Waals surface area contributed by atoms with Gasteiger partial charge in [-0.2, -0.15) is 0 Å². The molecular weight excluding hydrogens is 244 g/mol. The van der Waals surface area contributed by atoms with E-state index in [9.17, 15) is 0 Å². The first-order valence-electron chi connectivity index (χ1n) is 7.61. The molecular formula is C19H20O. The number of hydrogen-bond acceptors (Lipinski definition) is 1. The summed E-state index contributed by atoms with van der Waals surface area (Å²) in [7, 11) is 1.75. The van der Waals surface area contributed by atoms with Crippen molar-refractivity contribution >= 4 is 0 Å². The Hall–Kier alpha value is -1.76. The maximum atomic E-state index is 5.39. The Labute approximate surface area is 120 Å². The summed E-state index contributed by atoms with van der Waals surface area (Å²) in [6.45, 7) is 0. The van der Waals surface area contributed by atoms with Gasteiger partial charge < -0.3 is 4.74 Å². The maximum absolute atomic E-state index is 5.39. The zero-order chi connectivity index (χ0) is 13.5. The maximum Gasteiger partial charge on any atom is 0.119 e. The van der Waals surface area contributed by atoms with E-state index in [0.717, 1.165) is 11.7 Å². The SMILES string of the molecule is COc1ccc2c(c1)CC[C@@H]1CCc3ccccc3[C@H]21. The third-order valence-electron chi connectivity index (χ3n) is 5.12. The molecule has 0 heterocycles. The predicted octanol–water partition coefficient (Wildman–Crippen LogP) is 4.34. The molecule has 0 spiro atoms. The number of aryl methyl sites for hydroxylation is 2. The van der Waals surface area contributed by atoms with Crippen molar-refractivity contribution in [2.45, 2.75) is 31.6 Å². The van der Waals surface area contributed by atoms with Gasteiger partial charge in [-0.15, -0.1) is 0 Å². The van der Waals surface area contributed by atoms with Gasteiger partial charge in [-0.05, 0) is 66.0 Å². The van der Waals surface area contributed by atoms with Crippen molar-refractivity contribution in [1.29, 1.82) is 0 Å². The van der Waals surface area contributed by atoms with E-state index >= 15 is 0 Å². The molecule has 102 valence electrons. The van der Waals surface area contributed by atoms with Crippen LogP contribution < -0.4 is 4.74 Å². The van der Waals surface area contributed by atoms with E-state index in [-0.39, 0.29) is 0 Å². The van der Waals surface area contributed by atoms with Gasteiger partial charge in [-0.3, -0.25) is 0 Å². The Morgan fingerprint density at radius 3 is 2.50 bits per heavy atom. The molecule has 4 rings (SSSR count). The van der Waals surface area contributed by atoms with Crippen LogP contribution in [-0.2, 0) is 12.8 Å². The summed E-state index contributed by atoms with van der Waals surface area (Å²) in [6, 6.07) is 15.7. The predicted molar refractivity (Wildman–Crippen MR) is 81.4 cm³/mol. The van der Waals surface area contributed by atoms with E-state index in [1.165, 1.54) is 36.8 Å². The van der Waals surface area contributed by atoms with Crippen LogP contribution in [0.1, 0.15) is 41.0 Å². The summed E-state index contributed by atoms with van der Waals surface area (Å²) in [4.78, 5) is 0. The highest BCUT2D eigenvalue weighted by Gasteiger charge is 2.34. The van der Waals surface area contributed by atoms with E-state index in [4.69, 9.17) is 4.74 Å². The highest BCUT2D eigenvalue weighted by Crippen LogP contribution is 2.47. The first kappa shape index (κ1) is 12.0. The fourth-order valence-electron chi connectivity index (χ4n) is 4.13. The zero-order valence-electron chi connectivity index (χ0n) is 11.9. The summed E-state index contributed by atoms with van der Waals surface area (Å²) in [5, 5.41) is 0. The van der Waals surface area contributed by atoms with Gasteiger partial charge in [0.05, 0.1) is 7.11 Å². The lowest BCUT2D eigenvalue weighted by Gasteiger charge is -2.38. The summed E-state index contributed by atoms with van der Waals surface area (Å²) in [5.74, 6) is 2.42. The third-order valence-corrected chi connectivity index (χ3v) is 5.12. The number of fused-ring (bicyclic) bond motifs is 5. The fraction of sp³-hybridized carbons (Fsp3) is 0.368. The second-order valence-electron chi connectivity index (χ2n) is 6.08. The highest BCUT2D eigenvalue weighted by atomic mass is 16.5. The summed E-state index contributed by atoms with van der Waals surface area (Å²) < 4.78 is 5.39. The van der Waals surface area contributed by atoms with Crippen LogP contribution in [0.2, 0.25) is 0 Å². The molecule has 20 heavy (non-hydrogen) atoms. The molecule has 0 aliphatic heterocycles. The van der Waals surface area contributed by atoms with Crippen LogP contribution in [-0.4, -0.2) is 7.11 Å². The van der Waals surface area contributed by atoms with Crippen LogP contribution in [0.15, 0.2) is 42.5 Å². The average molecular weight is 264 g/mol. The lowest BCUT2D eigenvalue weighted by Crippen LogP contribution is -2.26. The van der Waals surface area contributed by atoms with Gasteiger partial charge >= 0.3 is 0 Å². The molecule has 0 radical (unpaired) electrons. The third kappa shape index (κ3) is 1.76. The van der Waals surface area contributed by atoms with E-state index in [1.807, 2.05) is 0 Å². The minimum atomic E-state index is 0.606. The molecule has 0 aromatic heterocycles. The van der Waals surface area contributed by atoms with Crippen LogP contribution in [0.3, 0.4) is 0 Å². The lowest BCUT2D eigenvalue weighted by atomic mass is 9.66. The minimum Gasteiger partial charge on any atom is -0.497 e. The monoisotopic (exact) mass is 264 g/mol. The molecule has 1 heteroatoms. The van der Waals surface area contributed by atoms with Gasteiger partial charge in [0.25, 0.3) is 0 Å². The first-order valence-corrected chi connectivity index (χ1v) is 7.61. The largest absolute Gasteiger partial charge is 0.497 e. The summed E-state index contributed by atoms with van der Waals surface area (Å²) >= 11 is 0. The molecule has 0 unspecified atom stereocenters. The number of rotatable bonds is 1. The topological polar surface area (TPSA) is 9.23 Å². The van der Waals surface area contributed by atoms with E-state index in [1.54, 1.807) is 18.2 Å². The molecule has 2 aromatic carbocycles. The normalized spacial score (nSPS) is 23.4. The van der Waals surface area contributed by atoms with Gasteiger partial charge in [0, 0.05) is 5.92 Å². The smallest absolute Gasteiger partial charge is 0.119 e. The molecule has 2 aliphatic carbocycles. The van der Waals surface area contributed by atoms with Crippen LogP contribution in [0, 0.1) is 5.92 Å². The number of methoxy groups -OCH3 is 1. The van der Waals surface area contributed by atoms with Crippen LogP contribution >= 0.6 is 0 Å². The molecule has 2 atom stereocenters. The Balaban J connectivity index is 1.86. The minimum absolute atomic E-state index is 0.606. The standard InChI is InChI=1S/C19H20O/c1-20-16-10-11-18-15(12-16)9-8-14-7-6-13-4-2-3-5-17(13)19(14)18/h2-5,10-12,14,19H,6-9H2,1H3/t14-,19+/m0/s1. The molecule has 0 fully saturated rings. The molecule has 0 N–H and O–H groups in total. The van der Waals surface area contributed by atoms with E-state index in [2.05, 4.69) is 42.5 Å². The van der Waals surface area contributed by atoms with Crippen LogP contribution in [0.5, 0.6) is 5.75 Å². The van der Waals surface area contributed by atoms with Crippen molar-refractivity contribution in [2.24, 2.45) is 5.92 Å². The van der Waals surface area contributed by atoms with Crippen molar-refractivity contribution in [3.8, 4) is 5.75 Å². The Morgan fingerprint density at radius 1 is 0.900 bits per heavy atom. The van der Waals surface area contributed by atoms with Crippen LogP contribution in [0.4, 0.5) is 0 Å². The second-order valence-corrected chi connectivity index (χ2v) is 6.08. The van der Waals surface area contributed by atoms with E-state index in [0.29, 0.717) is 5.92 Å². The lowest BCUT2D eigenvalue weighted by molar-refractivity contribution is 0.360. The van der Waals surface area contributed by atoms with Crippen molar-refractivity contribution < 1.29 is 4.74 Å². The molecule has 0 bridgehead atoms. The van der Waals surface area contributed by atoms with Gasteiger partial charge in [0.1, 0.15) is 5.75 Å².